The first-order chi connectivity index (χ1) is 9.06. The third-order valence-electron chi connectivity index (χ3n) is 2.61. The Morgan fingerprint density at radius 1 is 1.47 bits per heavy atom. The first-order valence-corrected chi connectivity index (χ1v) is 8.77. The van der Waals surface area contributed by atoms with Gasteiger partial charge in [-0.05, 0) is 30.0 Å². The summed E-state index contributed by atoms with van der Waals surface area (Å²) in [6.45, 7) is 10.1. The Morgan fingerprint density at radius 2 is 2.21 bits per heavy atom. The molecule has 0 aromatic carbocycles. The van der Waals surface area contributed by atoms with Gasteiger partial charge < -0.3 is 5.32 Å². The van der Waals surface area contributed by atoms with Crippen molar-refractivity contribution in [3.8, 4) is 0 Å². The summed E-state index contributed by atoms with van der Waals surface area (Å²) in [6, 6.07) is 1.76. The number of hydrogen-bond donors (Lipinski definition) is 1. The predicted octanol–water partition coefficient (Wildman–Crippen LogP) is 2.44. The second-order valence-corrected chi connectivity index (χ2v) is 7.28. The van der Waals surface area contributed by atoms with Gasteiger partial charge in [-0.2, -0.15) is 4.31 Å². The maximum Gasteiger partial charge on any atom is 0.252 e. The molecule has 0 aliphatic heterocycles. The van der Waals surface area contributed by atoms with Crippen LogP contribution in [0.25, 0.3) is 0 Å². The van der Waals surface area contributed by atoms with Crippen LogP contribution in [0.15, 0.2) is 28.3 Å². The minimum absolute atomic E-state index is 0.358. The van der Waals surface area contributed by atoms with Crippen molar-refractivity contribution in [3.63, 3.8) is 0 Å². The summed E-state index contributed by atoms with van der Waals surface area (Å²) in [4.78, 5) is 0. The summed E-state index contributed by atoms with van der Waals surface area (Å²) in [6.07, 6.45) is 2.42. The minimum atomic E-state index is -3.38. The van der Waals surface area contributed by atoms with Crippen molar-refractivity contribution in [1.82, 2.24) is 9.62 Å². The molecule has 1 heterocycles. The van der Waals surface area contributed by atoms with Gasteiger partial charge in [0.15, 0.2) is 0 Å². The molecule has 1 aromatic heterocycles. The standard InChI is InChI=1S/C13H22N2O2S2/c1-4-7-15(8-5-2)19(16,17)13-9-12(11-18-13)10-14-6-3/h4,9,11,14H,1,5-8,10H2,2-3H3. The number of hydrogen-bond acceptors (Lipinski definition) is 4. The van der Waals surface area contributed by atoms with E-state index < -0.39 is 10.0 Å². The van der Waals surface area contributed by atoms with E-state index in [4.69, 9.17) is 0 Å². The lowest BCUT2D eigenvalue weighted by Gasteiger charge is -2.18. The van der Waals surface area contributed by atoms with Crippen LogP contribution < -0.4 is 5.32 Å². The molecule has 0 amide bonds. The van der Waals surface area contributed by atoms with Crippen LogP contribution in [-0.2, 0) is 16.6 Å². The van der Waals surface area contributed by atoms with Gasteiger partial charge in [0.1, 0.15) is 4.21 Å². The van der Waals surface area contributed by atoms with E-state index in [1.807, 2.05) is 19.2 Å². The smallest absolute Gasteiger partial charge is 0.252 e. The van der Waals surface area contributed by atoms with Gasteiger partial charge in [-0.1, -0.05) is 19.9 Å². The Hall–Kier alpha value is -0.690. The van der Waals surface area contributed by atoms with Gasteiger partial charge in [0.25, 0.3) is 10.0 Å². The summed E-state index contributed by atoms with van der Waals surface area (Å²) in [5.74, 6) is 0. The van der Waals surface area contributed by atoms with Crippen molar-refractivity contribution in [2.75, 3.05) is 19.6 Å². The second kappa shape index (κ2) is 7.79. The van der Waals surface area contributed by atoms with E-state index in [2.05, 4.69) is 11.9 Å². The molecule has 0 aliphatic carbocycles. The number of rotatable bonds is 9. The van der Waals surface area contributed by atoms with E-state index in [1.54, 1.807) is 12.1 Å². The Bertz CT molecular complexity index is 494. The lowest BCUT2D eigenvalue weighted by Crippen LogP contribution is -2.31. The van der Waals surface area contributed by atoms with Crippen LogP contribution in [0.1, 0.15) is 25.8 Å². The fourth-order valence-electron chi connectivity index (χ4n) is 1.68. The third kappa shape index (κ3) is 4.42. The van der Waals surface area contributed by atoms with E-state index in [-0.39, 0.29) is 0 Å². The monoisotopic (exact) mass is 302 g/mol. The largest absolute Gasteiger partial charge is 0.313 e. The van der Waals surface area contributed by atoms with Crippen LogP contribution in [0.4, 0.5) is 0 Å². The number of sulfonamides is 1. The van der Waals surface area contributed by atoms with Gasteiger partial charge in [0.05, 0.1) is 0 Å². The van der Waals surface area contributed by atoms with E-state index >= 15 is 0 Å². The van der Waals surface area contributed by atoms with Crippen molar-refractivity contribution >= 4 is 21.4 Å². The fraction of sp³-hybridized carbons (Fsp3) is 0.538. The molecule has 0 spiro atoms. The molecule has 1 aromatic rings. The van der Waals surface area contributed by atoms with Gasteiger partial charge in [-0.3, -0.25) is 0 Å². The molecule has 0 unspecified atom stereocenters. The maximum atomic E-state index is 12.5. The Morgan fingerprint density at radius 3 is 2.79 bits per heavy atom. The molecule has 1 N–H and O–H groups in total. The van der Waals surface area contributed by atoms with Gasteiger partial charge in [-0.15, -0.1) is 17.9 Å². The van der Waals surface area contributed by atoms with Crippen molar-refractivity contribution < 1.29 is 8.42 Å². The molecule has 6 heteroatoms. The molecule has 4 nitrogen and oxygen atoms in total. The number of thiophene rings is 1. The van der Waals surface area contributed by atoms with E-state index in [0.717, 1.165) is 18.5 Å². The molecule has 0 bridgehead atoms. The van der Waals surface area contributed by atoms with Gasteiger partial charge >= 0.3 is 0 Å². The lowest BCUT2D eigenvalue weighted by molar-refractivity contribution is 0.443. The lowest BCUT2D eigenvalue weighted by atomic mass is 10.3. The maximum absolute atomic E-state index is 12.5. The SMILES string of the molecule is C=CCN(CCC)S(=O)(=O)c1cc(CNCC)cs1. The predicted molar refractivity (Wildman–Crippen MR) is 80.9 cm³/mol. The first kappa shape index (κ1) is 16.4. The van der Waals surface area contributed by atoms with Gasteiger partial charge in [0.2, 0.25) is 0 Å². The summed E-state index contributed by atoms with van der Waals surface area (Å²) in [7, 11) is -3.38. The Labute approximate surface area is 120 Å². The van der Waals surface area contributed by atoms with Crippen molar-refractivity contribution in [2.24, 2.45) is 0 Å². The van der Waals surface area contributed by atoms with E-state index in [1.165, 1.54) is 15.6 Å². The van der Waals surface area contributed by atoms with Crippen molar-refractivity contribution in [1.29, 1.82) is 0 Å². The normalized spacial score (nSPS) is 11.9. The highest BCUT2D eigenvalue weighted by molar-refractivity contribution is 7.91. The molecular formula is C13H22N2O2S2. The van der Waals surface area contributed by atoms with Crippen molar-refractivity contribution in [2.45, 2.75) is 31.0 Å². The zero-order valence-corrected chi connectivity index (χ0v) is 13.2. The Kier molecular flexibility index (Phi) is 6.71. The molecule has 0 radical (unpaired) electrons. The highest BCUT2D eigenvalue weighted by atomic mass is 32.2. The van der Waals surface area contributed by atoms with E-state index in [0.29, 0.717) is 23.8 Å². The van der Waals surface area contributed by atoms with Crippen LogP contribution in [0.5, 0.6) is 0 Å². The molecule has 19 heavy (non-hydrogen) atoms. The summed E-state index contributed by atoms with van der Waals surface area (Å²) in [5, 5.41) is 5.09. The summed E-state index contributed by atoms with van der Waals surface area (Å²) in [5.41, 5.74) is 1.01. The molecule has 0 saturated heterocycles. The average Bonchev–Trinajstić information content (AvgIpc) is 2.85. The molecular weight excluding hydrogens is 280 g/mol. The Balaban J connectivity index is 2.90. The first-order valence-electron chi connectivity index (χ1n) is 6.45. The van der Waals surface area contributed by atoms with Crippen LogP contribution in [0.3, 0.4) is 0 Å². The van der Waals surface area contributed by atoms with E-state index in [9.17, 15) is 8.42 Å². The molecule has 0 saturated carbocycles. The van der Waals surface area contributed by atoms with Crippen LogP contribution >= 0.6 is 11.3 Å². The third-order valence-corrected chi connectivity index (χ3v) is 5.94. The zero-order chi connectivity index (χ0) is 14.3. The number of nitrogens with one attached hydrogen (secondary N) is 1. The second-order valence-electron chi connectivity index (χ2n) is 4.21. The zero-order valence-electron chi connectivity index (χ0n) is 11.6. The highest BCUT2D eigenvalue weighted by Crippen LogP contribution is 2.24. The topological polar surface area (TPSA) is 49.4 Å². The molecule has 0 fully saturated rings. The molecule has 0 aliphatic rings. The average molecular weight is 302 g/mol. The number of nitrogens with zero attached hydrogens (tertiary/aromatic N) is 1. The fourth-order valence-corrected chi connectivity index (χ4v) is 4.55. The van der Waals surface area contributed by atoms with Crippen LogP contribution in [0.2, 0.25) is 0 Å². The van der Waals surface area contributed by atoms with Crippen LogP contribution in [-0.4, -0.2) is 32.4 Å². The minimum Gasteiger partial charge on any atom is -0.313 e. The molecule has 1 rings (SSSR count). The quantitative estimate of drug-likeness (QED) is 0.713. The summed E-state index contributed by atoms with van der Waals surface area (Å²) >= 11 is 1.28. The summed E-state index contributed by atoms with van der Waals surface area (Å²) < 4.78 is 26.8. The van der Waals surface area contributed by atoms with Crippen LogP contribution in [0, 0.1) is 0 Å². The molecule has 108 valence electrons. The van der Waals surface area contributed by atoms with Gasteiger partial charge in [0, 0.05) is 19.6 Å². The molecule has 0 atom stereocenters. The van der Waals surface area contributed by atoms with Crippen molar-refractivity contribution in [3.05, 3.63) is 29.7 Å². The van der Waals surface area contributed by atoms with Gasteiger partial charge in [-0.25, -0.2) is 8.42 Å². The highest BCUT2D eigenvalue weighted by Gasteiger charge is 2.24.